The van der Waals surface area contributed by atoms with Gasteiger partial charge < -0.3 is 10.1 Å². The van der Waals surface area contributed by atoms with Gasteiger partial charge in [0.2, 0.25) is 5.91 Å². The quantitative estimate of drug-likeness (QED) is 0.723. The summed E-state index contributed by atoms with van der Waals surface area (Å²) in [5.74, 6) is -0.552. The third-order valence-electron chi connectivity index (χ3n) is 3.58. The molecule has 5 nitrogen and oxygen atoms in total. The molecule has 0 atom stereocenters. The molecule has 0 aliphatic carbocycles. The maximum Gasteiger partial charge on any atom is 0.387 e. The number of benzene rings is 2. The van der Waals surface area contributed by atoms with Gasteiger partial charge in [0, 0.05) is 13.0 Å². The molecular weight excluding hydrogens is 364 g/mol. The molecule has 8 heteroatoms. The van der Waals surface area contributed by atoms with Crippen LogP contribution in [0.4, 0.5) is 8.78 Å². The monoisotopic (exact) mass is 383 g/mol. The summed E-state index contributed by atoms with van der Waals surface area (Å²) in [5, 5.41) is 2.65. The number of carbonyl (C=O) groups excluding carboxylic acids is 1. The zero-order valence-corrected chi connectivity index (χ0v) is 14.7. The molecule has 0 aliphatic heterocycles. The summed E-state index contributed by atoms with van der Waals surface area (Å²) >= 11 is 0. The number of hydrogen-bond acceptors (Lipinski definition) is 4. The molecule has 0 unspecified atom stereocenters. The number of amides is 1. The van der Waals surface area contributed by atoms with Crippen LogP contribution in [0.1, 0.15) is 12.0 Å². The van der Waals surface area contributed by atoms with Crippen molar-refractivity contribution in [3.05, 3.63) is 60.2 Å². The first-order valence-electron chi connectivity index (χ1n) is 7.95. The van der Waals surface area contributed by atoms with Crippen molar-refractivity contribution < 1.29 is 26.7 Å². The molecule has 0 aromatic heterocycles. The molecular formula is C18H19F2NO4S. The fourth-order valence-electron chi connectivity index (χ4n) is 2.24. The lowest BCUT2D eigenvalue weighted by Gasteiger charge is -2.08. The van der Waals surface area contributed by atoms with E-state index in [4.69, 9.17) is 0 Å². The number of carbonyl (C=O) groups is 1. The molecule has 1 amide bonds. The highest BCUT2D eigenvalue weighted by Gasteiger charge is 2.15. The summed E-state index contributed by atoms with van der Waals surface area (Å²) in [4.78, 5) is 12.0. The van der Waals surface area contributed by atoms with Crippen LogP contribution in [0.25, 0.3) is 0 Å². The fourth-order valence-corrected chi connectivity index (χ4v) is 3.51. The number of hydrogen-bond donors (Lipinski definition) is 1. The zero-order chi connectivity index (χ0) is 19.0. The molecule has 2 aromatic rings. The van der Waals surface area contributed by atoms with Crippen molar-refractivity contribution in [3.8, 4) is 5.75 Å². The molecule has 0 fully saturated rings. The number of alkyl halides is 2. The van der Waals surface area contributed by atoms with Gasteiger partial charge in [-0.2, -0.15) is 8.78 Å². The summed E-state index contributed by atoms with van der Waals surface area (Å²) in [5.41, 5.74) is 0.837. The topological polar surface area (TPSA) is 72.5 Å². The molecule has 0 radical (unpaired) electrons. The van der Waals surface area contributed by atoms with Crippen molar-refractivity contribution in [1.82, 2.24) is 5.32 Å². The van der Waals surface area contributed by atoms with Crippen molar-refractivity contribution in [1.29, 1.82) is 0 Å². The standard InChI is InChI=1S/C18H19F2NO4S/c19-18(20)25-15-8-6-14(7-9-15)10-12-21-17(22)11-13-26(23,24)16-4-2-1-3-5-16/h1-9,18H,10-13H2,(H,21,22). The van der Waals surface area contributed by atoms with Gasteiger partial charge in [0.25, 0.3) is 0 Å². The second-order valence-electron chi connectivity index (χ2n) is 5.50. The average Bonchev–Trinajstić information content (AvgIpc) is 2.62. The molecule has 0 heterocycles. The fraction of sp³-hybridized carbons (Fsp3) is 0.278. The Hall–Kier alpha value is -2.48. The van der Waals surface area contributed by atoms with Crippen molar-refractivity contribution in [2.24, 2.45) is 0 Å². The lowest BCUT2D eigenvalue weighted by molar-refractivity contribution is -0.120. The summed E-state index contributed by atoms with van der Waals surface area (Å²) in [6, 6.07) is 14.1. The van der Waals surface area contributed by atoms with Crippen LogP contribution in [0.15, 0.2) is 59.5 Å². The van der Waals surface area contributed by atoms with E-state index >= 15 is 0 Å². The molecule has 2 aromatic carbocycles. The maximum atomic E-state index is 12.1. The van der Waals surface area contributed by atoms with Gasteiger partial charge in [-0.15, -0.1) is 0 Å². The molecule has 0 saturated heterocycles. The number of halogens is 2. The lowest BCUT2D eigenvalue weighted by Crippen LogP contribution is -2.27. The highest BCUT2D eigenvalue weighted by molar-refractivity contribution is 7.91. The maximum absolute atomic E-state index is 12.1. The van der Waals surface area contributed by atoms with Gasteiger partial charge in [0.1, 0.15) is 5.75 Å². The Morgan fingerprint density at radius 2 is 1.69 bits per heavy atom. The van der Waals surface area contributed by atoms with Gasteiger partial charge in [-0.25, -0.2) is 8.42 Å². The normalized spacial score (nSPS) is 11.3. The van der Waals surface area contributed by atoms with Crippen LogP contribution in [0.5, 0.6) is 5.75 Å². The van der Waals surface area contributed by atoms with Crippen molar-refractivity contribution in [3.63, 3.8) is 0 Å². The number of nitrogens with one attached hydrogen (secondary N) is 1. The van der Waals surface area contributed by atoms with Crippen molar-refractivity contribution in [2.75, 3.05) is 12.3 Å². The minimum Gasteiger partial charge on any atom is -0.435 e. The van der Waals surface area contributed by atoms with E-state index in [1.54, 1.807) is 30.3 Å². The van der Waals surface area contributed by atoms with Gasteiger partial charge in [-0.1, -0.05) is 30.3 Å². The molecule has 0 bridgehead atoms. The Labute approximate surface area is 150 Å². The first-order valence-corrected chi connectivity index (χ1v) is 9.60. The molecule has 2 rings (SSSR count). The van der Waals surface area contributed by atoms with E-state index in [1.807, 2.05) is 0 Å². The lowest BCUT2D eigenvalue weighted by atomic mass is 10.1. The number of rotatable bonds is 9. The van der Waals surface area contributed by atoms with Gasteiger partial charge in [-0.3, -0.25) is 4.79 Å². The summed E-state index contributed by atoms with van der Waals surface area (Å²) in [6.45, 7) is -2.55. The smallest absolute Gasteiger partial charge is 0.387 e. The molecule has 0 spiro atoms. The first kappa shape index (κ1) is 19.8. The molecule has 0 saturated carbocycles. The molecule has 1 N–H and O–H groups in total. The van der Waals surface area contributed by atoms with Crippen LogP contribution in [-0.2, 0) is 21.1 Å². The van der Waals surface area contributed by atoms with Crippen LogP contribution in [-0.4, -0.2) is 33.2 Å². The SMILES string of the molecule is O=C(CCS(=O)(=O)c1ccccc1)NCCc1ccc(OC(F)F)cc1. The Bertz CT molecular complexity index is 809. The second-order valence-corrected chi connectivity index (χ2v) is 7.61. The molecule has 0 aliphatic rings. The van der Waals surface area contributed by atoms with Crippen LogP contribution in [0, 0.1) is 0 Å². The zero-order valence-electron chi connectivity index (χ0n) is 13.9. The molecule has 26 heavy (non-hydrogen) atoms. The van der Waals surface area contributed by atoms with Crippen LogP contribution >= 0.6 is 0 Å². The first-order chi connectivity index (χ1) is 12.4. The van der Waals surface area contributed by atoms with Gasteiger partial charge in [0.05, 0.1) is 10.6 Å². The Morgan fingerprint density at radius 1 is 1.04 bits per heavy atom. The summed E-state index contributed by atoms with van der Waals surface area (Å²) < 4.78 is 52.6. The van der Waals surface area contributed by atoms with E-state index < -0.39 is 16.4 Å². The third kappa shape index (κ3) is 6.44. The predicted molar refractivity (Wildman–Crippen MR) is 92.9 cm³/mol. The van der Waals surface area contributed by atoms with E-state index in [1.165, 1.54) is 24.3 Å². The number of sulfone groups is 1. The predicted octanol–water partition coefficient (Wildman–Crippen LogP) is 2.81. The number of ether oxygens (including phenoxy) is 1. The Kier molecular flexibility index (Phi) is 7.08. The third-order valence-corrected chi connectivity index (χ3v) is 5.32. The van der Waals surface area contributed by atoms with E-state index in [0.717, 1.165) is 5.56 Å². The van der Waals surface area contributed by atoms with Crippen LogP contribution in [0.3, 0.4) is 0 Å². The summed E-state index contributed by atoms with van der Waals surface area (Å²) in [6.07, 6.45) is 0.366. The Balaban J connectivity index is 1.74. The van der Waals surface area contributed by atoms with Crippen molar-refractivity contribution >= 4 is 15.7 Å². The van der Waals surface area contributed by atoms with Crippen LogP contribution < -0.4 is 10.1 Å². The van der Waals surface area contributed by atoms with Crippen LogP contribution in [0.2, 0.25) is 0 Å². The van der Waals surface area contributed by atoms with E-state index in [9.17, 15) is 22.0 Å². The van der Waals surface area contributed by atoms with Crippen molar-refractivity contribution in [2.45, 2.75) is 24.3 Å². The van der Waals surface area contributed by atoms with E-state index in [-0.39, 0.29) is 28.7 Å². The van der Waals surface area contributed by atoms with Gasteiger partial charge in [0.15, 0.2) is 9.84 Å². The minimum absolute atomic E-state index is 0.0684. The average molecular weight is 383 g/mol. The van der Waals surface area contributed by atoms with Gasteiger partial charge >= 0.3 is 6.61 Å². The molecule has 140 valence electrons. The highest BCUT2D eigenvalue weighted by atomic mass is 32.2. The largest absolute Gasteiger partial charge is 0.435 e. The Morgan fingerprint density at radius 3 is 2.31 bits per heavy atom. The van der Waals surface area contributed by atoms with Gasteiger partial charge in [-0.05, 0) is 36.2 Å². The van der Waals surface area contributed by atoms with E-state index in [0.29, 0.717) is 13.0 Å². The van der Waals surface area contributed by atoms with E-state index in [2.05, 4.69) is 10.1 Å². The highest BCUT2D eigenvalue weighted by Crippen LogP contribution is 2.15. The summed E-state index contributed by atoms with van der Waals surface area (Å²) in [7, 11) is -3.48. The minimum atomic E-state index is -3.48. The second kappa shape index (κ2) is 9.28.